The van der Waals surface area contributed by atoms with Gasteiger partial charge in [-0.15, -0.1) is 11.8 Å². The van der Waals surface area contributed by atoms with Crippen LogP contribution in [-0.2, 0) is 13.1 Å². The number of thioether (sulfide) groups is 1. The second kappa shape index (κ2) is 7.38. The maximum Gasteiger partial charge on any atom is 0.275 e. The molecule has 0 radical (unpaired) electrons. The Bertz CT molecular complexity index is 1110. The van der Waals surface area contributed by atoms with Crippen molar-refractivity contribution in [2.75, 3.05) is 5.75 Å². The predicted octanol–water partition coefficient (Wildman–Crippen LogP) is 1.82. The summed E-state index contributed by atoms with van der Waals surface area (Å²) in [7, 11) is 0. The monoisotopic (exact) mass is 439 g/mol. The van der Waals surface area contributed by atoms with Crippen molar-refractivity contribution in [2.45, 2.75) is 31.4 Å². The van der Waals surface area contributed by atoms with Crippen LogP contribution in [0.15, 0.2) is 23.1 Å². The summed E-state index contributed by atoms with van der Waals surface area (Å²) in [6.45, 7) is 1.50. The quantitative estimate of drug-likeness (QED) is 0.762. The second-order valence-corrected chi connectivity index (χ2v) is 8.31. The zero-order valence-corrected chi connectivity index (χ0v) is 16.4. The molecular weight excluding hydrogens is 423 g/mol. The average Bonchev–Trinajstić information content (AvgIpc) is 3.04. The van der Waals surface area contributed by atoms with Crippen molar-refractivity contribution in [2.24, 2.45) is 0 Å². The third-order valence-corrected chi connectivity index (χ3v) is 6.57. The molecule has 0 bridgehead atoms. The van der Waals surface area contributed by atoms with Crippen LogP contribution in [0.2, 0.25) is 0 Å². The molecule has 7 nitrogen and oxygen atoms in total. The number of aromatic hydroxyl groups is 1. The third kappa shape index (κ3) is 3.22. The van der Waals surface area contributed by atoms with E-state index in [9.17, 15) is 32.7 Å². The first-order valence-electron chi connectivity index (χ1n) is 9.01. The lowest BCUT2D eigenvalue weighted by atomic mass is 10.1. The highest BCUT2D eigenvalue weighted by atomic mass is 32.2. The molecule has 0 saturated carbocycles. The van der Waals surface area contributed by atoms with Gasteiger partial charge in [-0.3, -0.25) is 14.4 Å². The predicted molar refractivity (Wildman–Crippen MR) is 102 cm³/mol. The van der Waals surface area contributed by atoms with Crippen molar-refractivity contribution in [3.63, 3.8) is 0 Å². The van der Waals surface area contributed by atoms with E-state index in [0.717, 1.165) is 6.20 Å². The Kier molecular flexibility index (Phi) is 5.00. The molecule has 158 valence electrons. The Morgan fingerprint density at radius 3 is 2.60 bits per heavy atom. The number of carbonyl (C=O) groups excluding carboxylic acids is 2. The van der Waals surface area contributed by atoms with Crippen LogP contribution < -0.4 is 10.7 Å². The Balaban J connectivity index is 1.63. The molecule has 2 aliphatic rings. The Hall–Kier alpha value is -2.95. The lowest BCUT2D eigenvalue weighted by Crippen LogP contribution is -2.48. The van der Waals surface area contributed by atoms with Crippen molar-refractivity contribution >= 4 is 23.6 Å². The first kappa shape index (κ1) is 20.3. The second-order valence-electron chi connectivity index (χ2n) is 7.10. The highest BCUT2D eigenvalue weighted by Gasteiger charge is 2.42. The number of fused-ring (bicyclic) bond motifs is 2. The summed E-state index contributed by atoms with van der Waals surface area (Å²) in [4.78, 5) is 39.3. The molecule has 2 N–H and O–H groups in total. The molecule has 0 spiro atoms. The lowest BCUT2D eigenvalue weighted by Gasteiger charge is -2.34. The largest absolute Gasteiger partial charge is 0.503 e. The molecule has 1 saturated heterocycles. The number of nitrogens with one attached hydrogen (secondary N) is 1. The summed E-state index contributed by atoms with van der Waals surface area (Å²) in [5.41, 5.74) is -2.31. The van der Waals surface area contributed by atoms with Crippen LogP contribution in [0.3, 0.4) is 0 Å². The van der Waals surface area contributed by atoms with Gasteiger partial charge in [0.15, 0.2) is 11.4 Å². The number of pyridine rings is 1. The molecule has 3 heterocycles. The highest BCUT2D eigenvalue weighted by Crippen LogP contribution is 2.36. The van der Waals surface area contributed by atoms with Crippen molar-refractivity contribution in [1.82, 2.24) is 14.8 Å². The van der Waals surface area contributed by atoms with Gasteiger partial charge in [0, 0.05) is 42.2 Å². The summed E-state index contributed by atoms with van der Waals surface area (Å²) in [5.74, 6) is -5.10. The molecule has 4 rings (SSSR count). The van der Waals surface area contributed by atoms with E-state index in [1.54, 1.807) is 16.7 Å². The number of benzene rings is 1. The Morgan fingerprint density at radius 1 is 1.27 bits per heavy atom. The number of amides is 2. The highest BCUT2D eigenvalue weighted by molar-refractivity contribution is 8.00. The summed E-state index contributed by atoms with van der Waals surface area (Å²) in [6.07, 6.45) is 1.16. The van der Waals surface area contributed by atoms with Gasteiger partial charge in [0.25, 0.3) is 11.8 Å². The molecule has 1 aromatic carbocycles. The SMILES string of the molecule is C[C@H]1CSC2Cn3cc(C(=O)NCc4c(F)cc(F)cc4F)c(=O)c(O)c3C(=O)N21. The molecule has 2 atom stereocenters. The first-order chi connectivity index (χ1) is 14.2. The number of carbonyl (C=O) groups is 2. The number of nitrogens with zero attached hydrogens (tertiary/aromatic N) is 2. The van der Waals surface area contributed by atoms with E-state index in [0.29, 0.717) is 17.9 Å². The molecule has 1 fully saturated rings. The summed E-state index contributed by atoms with van der Waals surface area (Å²) in [6, 6.07) is 0.892. The number of hydrogen-bond acceptors (Lipinski definition) is 5. The summed E-state index contributed by atoms with van der Waals surface area (Å²) < 4.78 is 41.9. The average molecular weight is 439 g/mol. The third-order valence-electron chi connectivity index (χ3n) is 5.14. The van der Waals surface area contributed by atoms with Crippen LogP contribution in [0.5, 0.6) is 5.75 Å². The van der Waals surface area contributed by atoms with Gasteiger partial charge in [0.05, 0.1) is 11.9 Å². The van der Waals surface area contributed by atoms with Crippen LogP contribution in [0.1, 0.15) is 33.3 Å². The molecule has 1 unspecified atom stereocenters. The van der Waals surface area contributed by atoms with E-state index >= 15 is 0 Å². The van der Waals surface area contributed by atoms with E-state index in [-0.39, 0.29) is 23.7 Å². The van der Waals surface area contributed by atoms with E-state index < -0.39 is 58.1 Å². The van der Waals surface area contributed by atoms with Crippen LogP contribution in [-0.4, -0.2) is 43.6 Å². The van der Waals surface area contributed by atoms with Gasteiger partial charge in [0.1, 0.15) is 23.0 Å². The fourth-order valence-corrected chi connectivity index (χ4v) is 5.03. The van der Waals surface area contributed by atoms with Crippen molar-refractivity contribution in [1.29, 1.82) is 0 Å². The van der Waals surface area contributed by atoms with E-state index in [4.69, 9.17) is 0 Å². The van der Waals surface area contributed by atoms with Gasteiger partial charge >= 0.3 is 0 Å². The molecule has 11 heteroatoms. The lowest BCUT2D eigenvalue weighted by molar-refractivity contribution is 0.0634. The topological polar surface area (TPSA) is 91.6 Å². The minimum Gasteiger partial charge on any atom is -0.503 e. The van der Waals surface area contributed by atoms with Gasteiger partial charge in [-0.25, -0.2) is 13.2 Å². The van der Waals surface area contributed by atoms with Gasteiger partial charge in [-0.2, -0.15) is 0 Å². The zero-order chi connectivity index (χ0) is 21.7. The molecule has 0 aliphatic carbocycles. The van der Waals surface area contributed by atoms with E-state index in [1.807, 2.05) is 6.92 Å². The van der Waals surface area contributed by atoms with Crippen LogP contribution in [0.4, 0.5) is 13.2 Å². The number of rotatable bonds is 3. The van der Waals surface area contributed by atoms with E-state index in [2.05, 4.69) is 5.32 Å². The van der Waals surface area contributed by atoms with Gasteiger partial charge in [0.2, 0.25) is 5.43 Å². The summed E-state index contributed by atoms with van der Waals surface area (Å²) >= 11 is 1.55. The summed E-state index contributed by atoms with van der Waals surface area (Å²) in [5, 5.41) is 12.3. The maximum absolute atomic E-state index is 13.8. The zero-order valence-electron chi connectivity index (χ0n) is 15.6. The van der Waals surface area contributed by atoms with Crippen molar-refractivity contribution < 1.29 is 27.9 Å². The molecular formula is C19H16F3N3O4S. The van der Waals surface area contributed by atoms with Crippen LogP contribution in [0.25, 0.3) is 0 Å². The van der Waals surface area contributed by atoms with Gasteiger partial charge in [-0.05, 0) is 6.92 Å². The number of halogens is 3. The first-order valence-corrected chi connectivity index (χ1v) is 10.1. The van der Waals surface area contributed by atoms with Gasteiger partial charge < -0.3 is 19.9 Å². The van der Waals surface area contributed by atoms with Crippen molar-refractivity contribution in [3.05, 3.63) is 62.8 Å². The Labute approximate surface area is 172 Å². The molecule has 2 aromatic rings. The standard InChI is InChI=1S/C19H16F3N3O4S/c1-8-7-30-14-6-24-5-11(16(26)17(27)15(24)19(29)25(8)14)18(28)23-4-10-12(21)2-9(20)3-13(10)22/h2-3,5,8,14,27H,4,6-7H2,1H3,(H,23,28)/t8-,14?/m0/s1. The molecule has 30 heavy (non-hydrogen) atoms. The maximum atomic E-state index is 13.8. The molecule has 1 aromatic heterocycles. The normalized spacial score (nSPS) is 20.1. The van der Waals surface area contributed by atoms with E-state index in [1.165, 1.54) is 4.57 Å². The van der Waals surface area contributed by atoms with Crippen LogP contribution in [0, 0.1) is 17.5 Å². The number of aromatic nitrogens is 1. The van der Waals surface area contributed by atoms with Crippen LogP contribution >= 0.6 is 11.8 Å². The van der Waals surface area contributed by atoms with Gasteiger partial charge in [-0.1, -0.05) is 0 Å². The minimum atomic E-state index is -1.18. The Morgan fingerprint density at radius 2 is 1.93 bits per heavy atom. The molecule has 2 aliphatic heterocycles. The fraction of sp³-hybridized carbons (Fsp3) is 0.316. The minimum absolute atomic E-state index is 0.0563. The van der Waals surface area contributed by atoms with Crippen molar-refractivity contribution in [3.8, 4) is 5.75 Å². The smallest absolute Gasteiger partial charge is 0.275 e. The fourth-order valence-electron chi connectivity index (χ4n) is 3.64. The molecule has 2 amide bonds. The number of hydrogen-bond donors (Lipinski definition) is 2.